The van der Waals surface area contributed by atoms with E-state index >= 15 is 0 Å². The van der Waals surface area contributed by atoms with Gasteiger partial charge in [-0.15, -0.1) is 0 Å². The van der Waals surface area contributed by atoms with Crippen molar-refractivity contribution in [1.29, 1.82) is 0 Å². The van der Waals surface area contributed by atoms with Gasteiger partial charge in [-0.2, -0.15) is 0 Å². The second kappa shape index (κ2) is 9.54. The number of ether oxygens (including phenoxy) is 2. The summed E-state index contributed by atoms with van der Waals surface area (Å²) in [6.07, 6.45) is 2.31. The number of hydrogen-bond donors (Lipinski definition) is 1. The second-order valence-electron chi connectivity index (χ2n) is 9.01. The van der Waals surface area contributed by atoms with E-state index < -0.39 is 17.5 Å². The van der Waals surface area contributed by atoms with Gasteiger partial charge >= 0.3 is 12.1 Å². The highest BCUT2D eigenvalue weighted by atomic mass is 16.6. The minimum atomic E-state index is -0.793. The molecule has 9 heteroatoms. The lowest BCUT2D eigenvalue weighted by molar-refractivity contribution is -0.137. The van der Waals surface area contributed by atoms with Crippen LogP contribution in [0.5, 0.6) is 0 Å². The van der Waals surface area contributed by atoms with Crippen molar-refractivity contribution in [3.63, 3.8) is 0 Å². The molecule has 2 aliphatic heterocycles. The average molecular weight is 468 g/mol. The van der Waals surface area contributed by atoms with Gasteiger partial charge < -0.3 is 19.7 Å². The Balaban J connectivity index is 1.79. The molecule has 0 atom stereocenters. The summed E-state index contributed by atoms with van der Waals surface area (Å²) < 4.78 is 10.0. The summed E-state index contributed by atoms with van der Waals surface area (Å²) in [6, 6.07) is 5.35. The molecule has 0 bridgehead atoms. The van der Waals surface area contributed by atoms with Crippen molar-refractivity contribution >= 4 is 29.5 Å². The number of carbonyl (C=O) groups excluding carboxylic acids is 4. The number of esters is 1. The van der Waals surface area contributed by atoms with Gasteiger partial charge in [-0.1, -0.05) is 31.4 Å². The highest BCUT2D eigenvalue weighted by Crippen LogP contribution is 2.33. The lowest BCUT2D eigenvalue weighted by atomic mass is 9.94. The van der Waals surface area contributed by atoms with Gasteiger partial charge in [0.15, 0.2) is 0 Å². The van der Waals surface area contributed by atoms with Crippen LogP contribution in [0.1, 0.15) is 48.7 Å². The van der Waals surface area contributed by atoms with Crippen LogP contribution in [0.4, 0.5) is 4.79 Å². The number of nitrogens with one attached hydrogen (secondary N) is 1. The third kappa shape index (κ3) is 5.19. The highest BCUT2D eigenvalue weighted by molar-refractivity contribution is 6.07. The van der Waals surface area contributed by atoms with Crippen molar-refractivity contribution in [1.82, 2.24) is 15.1 Å². The SMILES string of the molecule is C=C(NC(=O)C(=C)N1Cc2c(cccc2C2=CCCN(C(=O)OC(C)(C)C)C2)C1=O)C(=O)OC. The number of nitrogens with zero attached hydrogens (tertiary/aromatic N) is 2. The fraction of sp³-hybridized carbons (Fsp3) is 0.360. The molecule has 9 nitrogen and oxygen atoms in total. The molecule has 2 heterocycles. The van der Waals surface area contributed by atoms with Crippen LogP contribution in [0.2, 0.25) is 0 Å². The smallest absolute Gasteiger partial charge is 0.410 e. The van der Waals surface area contributed by atoms with Gasteiger partial charge in [0.1, 0.15) is 17.0 Å². The molecule has 1 N–H and O–H groups in total. The number of carbonyl (C=O) groups is 4. The van der Waals surface area contributed by atoms with E-state index in [1.165, 1.54) is 12.0 Å². The summed E-state index contributed by atoms with van der Waals surface area (Å²) in [5.41, 5.74) is 1.95. The van der Waals surface area contributed by atoms with Gasteiger partial charge in [0.05, 0.1) is 13.7 Å². The molecule has 3 amide bonds. The fourth-order valence-corrected chi connectivity index (χ4v) is 3.78. The molecule has 1 aromatic carbocycles. The van der Waals surface area contributed by atoms with Gasteiger partial charge in [-0.05, 0) is 50.0 Å². The second-order valence-corrected chi connectivity index (χ2v) is 9.01. The van der Waals surface area contributed by atoms with E-state index in [1.807, 2.05) is 32.9 Å². The van der Waals surface area contributed by atoms with Crippen molar-refractivity contribution in [3.8, 4) is 0 Å². The normalized spacial score (nSPS) is 15.3. The van der Waals surface area contributed by atoms with Gasteiger partial charge in [0, 0.05) is 18.7 Å². The topological polar surface area (TPSA) is 105 Å². The minimum absolute atomic E-state index is 0.120. The summed E-state index contributed by atoms with van der Waals surface area (Å²) >= 11 is 0. The first-order valence-electron chi connectivity index (χ1n) is 10.8. The predicted molar refractivity (Wildman–Crippen MR) is 125 cm³/mol. The van der Waals surface area contributed by atoms with Crippen molar-refractivity contribution in [2.75, 3.05) is 20.2 Å². The van der Waals surface area contributed by atoms with Gasteiger partial charge in [-0.25, -0.2) is 9.59 Å². The number of methoxy groups -OCH3 is 1. The Kier molecular flexibility index (Phi) is 6.95. The maximum atomic E-state index is 13.0. The Morgan fingerprint density at radius 3 is 2.41 bits per heavy atom. The van der Waals surface area contributed by atoms with E-state index in [4.69, 9.17) is 4.74 Å². The van der Waals surface area contributed by atoms with Crippen LogP contribution in [-0.2, 0) is 25.6 Å². The average Bonchev–Trinajstić information content (AvgIpc) is 3.13. The number of rotatable bonds is 5. The third-order valence-corrected chi connectivity index (χ3v) is 5.40. The molecule has 0 spiro atoms. The number of amides is 3. The molecule has 2 aliphatic rings. The van der Waals surface area contributed by atoms with Crippen LogP contribution in [0.3, 0.4) is 0 Å². The third-order valence-electron chi connectivity index (χ3n) is 5.40. The Morgan fingerprint density at radius 1 is 1.09 bits per heavy atom. The summed E-state index contributed by atoms with van der Waals surface area (Å²) in [5, 5.41) is 2.30. The number of fused-ring (bicyclic) bond motifs is 1. The van der Waals surface area contributed by atoms with E-state index in [0.717, 1.165) is 16.7 Å². The predicted octanol–water partition coefficient (Wildman–Crippen LogP) is 2.98. The highest BCUT2D eigenvalue weighted by Gasteiger charge is 2.35. The minimum Gasteiger partial charge on any atom is -0.464 e. The largest absolute Gasteiger partial charge is 0.464 e. The lowest BCUT2D eigenvalue weighted by Crippen LogP contribution is -2.39. The van der Waals surface area contributed by atoms with Gasteiger partial charge in [0.25, 0.3) is 11.8 Å². The quantitative estimate of drug-likeness (QED) is 0.527. The molecule has 3 rings (SSSR count). The van der Waals surface area contributed by atoms with Crippen LogP contribution < -0.4 is 5.32 Å². The summed E-state index contributed by atoms with van der Waals surface area (Å²) in [5.74, 6) is -1.90. The van der Waals surface area contributed by atoms with Crippen molar-refractivity contribution in [3.05, 3.63) is 65.5 Å². The number of benzene rings is 1. The Hall–Kier alpha value is -3.88. The molecule has 0 unspecified atom stereocenters. The molecule has 0 fully saturated rings. The first-order valence-corrected chi connectivity index (χ1v) is 10.8. The van der Waals surface area contributed by atoms with E-state index in [-0.39, 0.29) is 29.9 Å². The molecule has 0 aliphatic carbocycles. The standard InChI is InChI=1S/C25H29N3O6/c1-15(23(31)33-6)26-21(29)16(2)28-14-20-18(10-7-11-19(20)22(28)30)17-9-8-12-27(13-17)24(32)34-25(3,4)5/h7,9-11H,1-2,8,12-14H2,3-6H3,(H,26,29). The Morgan fingerprint density at radius 2 is 1.76 bits per heavy atom. The fourth-order valence-electron chi connectivity index (χ4n) is 3.78. The van der Waals surface area contributed by atoms with Crippen LogP contribution >= 0.6 is 0 Å². The molecular weight excluding hydrogens is 438 g/mol. The summed E-state index contributed by atoms with van der Waals surface area (Å²) in [4.78, 5) is 52.6. The maximum absolute atomic E-state index is 13.0. The van der Waals surface area contributed by atoms with E-state index in [0.29, 0.717) is 25.1 Å². The molecule has 0 aromatic heterocycles. The van der Waals surface area contributed by atoms with Crippen LogP contribution in [-0.4, -0.2) is 59.5 Å². The lowest BCUT2D eigenvalue weighted by Gasteiger charge is -2.30. The summed E-state index contributed by atoms with van der Waals surface area (Å²) in [6.45, 7) is 13.7. The molecule has 0 radical (unpaired) electrons. The maximum Gasteiger partial charge on any atom is 0.410 e. The first-order chi connectivity index (χ1) is 15.9. The van der Waals surface area contributed by atoms with Gasteiger partial charge in [-0.3, -0.25) is 14.5 Å². The van der Waals surface area contributed by atoms with E-state index in [1.54, 1.807) is 17.0 Å². The first kappa shape index (κ1) is 24.8. The van der Waals surface area contributed by atoms with Crippen LogP contribution in [0, 0.1) is 0 Å². The van der Waals surface area contributed by atoms with Crippen molar-refractivity contribution < 1.29 is 28.7 Å². The summed E-state index contributed by atoms with van der Waals surface area (Å²) in [7, 11) is 1.17. The van der Waals surface area contributed by atoms with Gasteiger partial charge in [0.2, 0.25) is 0 Å². The van der Waals surface area contributed by atoms with Crippen LogP contribution in [0.25, 0.3) is 5.57 Å². The molecule has 34 heavy (non-hydrogen) atoms. The molecule has 0 saturated carbocycles. The number of hydrogen-bond acceptors (Lipinski definition) is 6. The van der Waals surface area contributed by atoms with E-state index in [9.17, 15) is 19.2 Å². The zero-order valence-electron chi connectivity index (χ0n) is 19.9. The zero-order valence-corrected chi connectivity index (χ0v) is 19.9. The Bertz CT molecular complexity index is 1110. The van der Waals surface area contributed by atoms with Crippen molar-refractivity contribution in [2.24, 2.45) is 0 Å². The Labute approximate surface area is 198 Å². The van der Waals surface area contributed by atoms with E-state index in [2.05, 4.69) is 23.2 Å². The molecule has 0 saturated heterocycles. The van der Waals surface area contributed by atoms with Crippen molar-refractivity contribution in [2.45, 2.75) is 39.3 Å². The molecule has 180 valence electrons. The van der Waals surface area contributed by atoms with Crippen LogP contribution in [0.15, 0.2) is 48.8 Å². The molecule has 1 aromatic rings. The zero-order chi connectivity index (χ0) is 25.2. The monoisotopic (exact) mass is 467 g/mol. The molecular formula is C25H29N3O6.